The minimum Gasteiger partial charge on any atom is -0.207 e. The first-order valence-electron chi connectivity index (χ1n) is 11.3. The van der Waals surface area contributed by atoms with Gasteiger partial charge in [0.2, 0.25) is 0 Å². The fraction of sp³-hybridized carbons (Fsp3) is 0.750. The van der Waals surface area contributed by atoms with E-state index in [1.54, 1.807) is 37.1 Å². The van der Waals surface area contributed by atoms with Gasteiger partial charge in [0.05, 0.1) is 8.80 Å². The summed E-state index contributed by atoms with van der Waals surface area (Å²) in [6.45, 7) is 2.32. The van der Waals surface area contributed by atoms with Crippen molar-refractivity contribution in [1.82, 2.24) is 0 Å². The number of hydrogen-bond acceptors (Lipinski definition) is 0. The van der Waals surface area contributed by atoms with Gasteiger partial charge in [-0.2, -0.15) is 0 Å². The van der Waals surface area contributed by atoms with Crippen LogP contribution in [0, 0.1) is 17.7 Å². The Morgan fingerprint density at radius 1 is 0.846 bits per heavy atom. The van der Waals surface area contributed by atoms with Gasteiger partial charge in [0.1, 0.15) is 5.82 Å². The highest BCUT2D eigenvalue weighted by Crippen LogP contribution is 2.42. The fourth-order valence-corrected chi connectivity index (χ4v) is 9.08. The first-order chi connectivity index (χ1) is 12.7. The van der Waals surface area contributed by atoms with Crippen LogP contribution in [0.1, 0.15) is 83.1 Å². The maximum Gasteiger partial charge on any atom is 0.123 e. The zero-order valence-corrected chi connectivity index (χ0v) is 17.8. The van der Waals surface area contributed by atoms with Gasteiger partial charge in [-0.25, -0.2) is 4.39 Å². The van der Waals surface area contributed by atoms with E-state index >= 15 is 0 Å². The number of halogens is 1. The van der Waals surface area contributed by atoms with Crippen molar-refractivity contribution in [3.05, 3.63) is 35.6 Å². The smallest absolute Gasteiger partial charge is 0.123 e. The molecule has 0 atom stereocenters. The Labute approximate surface area is 162 Å². The largest absolute Gasteiger partial charge is 0.207 e. The van der Waals surface area contributed by atoms with Crippen molar-refractivity contribution in [2.45, 2.75) is 102 Å². The van der Waals surface area contributed by atoms with Crippen LogP contribution >= 0.6 is 0 Å². The van der Waals surface area contributed by atoms with E-state index in [0.29, 0.717) is 0 Å². The Morgan fingerprint density at radius 3 is 2.15 bits per heavy atom. The molecule has 1 aromatic carbocycles. The summed E-state index contributed by atoms with van der Waals surface area (Å²) in [4.78, 5) is 0. The van der Waals surface area contributed by atoms with Gasteiger partial charge in [-0.1, -0.05) is 95.4 Å². The van der Waals surface area contributed by atoms with Crippen LogP contribution in [-0.2, 0) is 6.42 Å². The molecule has 1 aliphatic heterocycles. The minimum absolute atomic E-state index is 0.0661. The van der Waals surface area contributed by atoms with Crippen LogP contribution in [0.2, 0.25) is 17.6 Å². The van der Waals surface area contributed by atoms with E-state index in [9.17, 15) is 4.39 Å². The van der Waals surface area contributed by atoms with Crippen molar-refractivity contribution in [3.8, 4) is 0 Å². The Bertz CT molecular complexity index is 495. The standard InChI is InChI=1S/C24H38FSi/c1-2-3-4-5-20-10-14-24(15-11-20)26-18-16-22(17-19-26)7-6-21-8-12-23(25)13-9-21/h8-9,12-13,20,22,24H,2-7,10-11,14-19H2,1H3. The maximum atomic E-state index is 13.0. The highest BCUT2D eigenvalue weighted by molar-refractivity contribution is 6.60. The Morgan fingerprint density at radius 2 is 1.50 bits per heavy atom. The van der Waals surface area contributed by atoms with Crippen molar-refractivity contribution in [2.24, 2.45) is 11.8 Å². The normalized spacial score (nSPS) is 25.5. The molecule has 0 N–H and O–H groups in total. The third-order valence-corrected chi connectivity index (χ3v) is 10.7. The van der Waals surface area contributed by atoms with Crippen LogP contribution in [0.5, 0.6) is 0 Å². The highest BCUT2D eigenvalue weighted by atomic mass is 28.3. The number of benzene rings is 1. The molecule has 0 amide bonds. The second kappa shape index (κ2) is 10.6. The number of unbranched alkanes of at least 4 members (excludes halogenated alkanes) is 2. The predicted molar refractivity (Wildman–Crippen MR) is 113 cm³/mol. The average Bonchev–Trinajstić information content (AvgIpc) is 2.69. The van der Waals surface area contributed by atoms with Gasteiger partial charge in [0, 0.05) is 0 Å². The molecule has 1 aromatic rings. The number of hydrogen-bond donors (Lipinski definition) is 0. The summed E-state index contributed by atoms with van der Waals surface area (Å²) in [6, 6.07) is 10.3. The Balaban J connectivity index is 1.32. The third-order valence-electron chi connectivity index (χ3n) is 7.14. The molecule has 2 aliphatic rings. The molecule has 1 aliphatic carbocycles. The van der Waals surface area contributed by atoms with E-state index < -0.39 is 0 Å². The highest BCUT2D eigenvalue weighted by Gasteiger charge is 2.31. The summed E-state index contributed by atoms with van der Waals surface area (Å²) in [5.41, 5.74) is 2.45. The van der Waals surface area contributed by atoms with E-state index in [2.05, 4.69) is 6.92 Å². The van der Waals surface area contributed by atoms with Crippen LogP contribution in [0.4, 0.5) is 4.39 Å². The van der Waals surface area contributed by atoms with Gasteiger partial charge < -0.3 is 0 Å². The lowest BCUT2D eigenvalue weighted by Crippen LogP contribution is -2.29. The van der Waals surface area contributed by atoms with Crippen molar-refractivity contribution in [2.75, 3.05) is 0 Å². The summed E-state index contributed by atoms with van der Waals surface area (Å²) < 4.78 is 13.0. The van der Waals surface area contributed by atoms with Crippen LogP contribution in [0.3, 0.4) is 0 Å². The average molecular weight is 374 g/mol. The van der Waals surface area contributed by atoms with Crippen LogP contribution < -0.4 is 0 Å². The van der Waals surface area contributed by atoms with E-state index in [4.69, 9.17) is 0 Å². The fourth-order valence-electron chi connectivity index (χ4n) is 5.31. The van der Waals surface area contributed by atoms with E-state index in [0.717, 1.165) is 23.8 Å². The van der Waals surface area contributed by atoms with Gasteiger partial charge in [0.25, 0.3) is 0 Å². The first kappa shape index (κ1) is 20.1. The van der Waals surface area contributed by atoms with Crippen molar-refractivity contribution in [3.63, 3.8) is 0 Å². The molecule has 0 bridgehead atoms. The quantitative estimate of drug-likeness (QED) is 0.322. The predicted octanol–water partition coefficient (Wildman–Crippen LogP) is 7.80. The second-order valence-electron chi connectivity index (χ2n) is 8.98. The van der Waals surface area contributed by atoms with Gasteiger partial charge in [-0.3, -0.25) is 0 Å². The number of rotatable bonds is 8. The number of aryl methyl sites for hydroxylation is 1. The topological polar surface area (TPSA) is 0 Å². The molecule has 1 saturated carbocycles. The molecule has 0 aromatic heterocycles. The molecule has 1 radical (unpaired) electrons. The molecule has 145 valence electrons. The Kier molecular flexibility index (Phi) is 8.23. The molecule has 1 heterocycles. The second-order valence-corrected chi connectivity index (χ2v) is 12.1. The molecule has 1 saturated heterocycles. The molecular formula is C24H38FSi. The molecule has 3 rings (SSSR count). The molecule has 0 nitrogen and oxygen atoms in total. The van der Waals surface area contributed by atoms with Gasteiger partial charge in [-0.05, 0) is 47.9 Å². The molecule has 0 spiro atoms. The lowest BCUT2D eigenvalue weighted by atomic mass is 9.85. The molecule has 26 heavy (non-hydrogen) atoms. The summed E-state index contributed by atoms with van der Waals surface area (Å²) in [5, 5.41) is 0. The minimum atomic E-state index is -0.112. The van der Waals surface area contributed by atoms with Crippen LogP contribution in [-0.4, -0.2) is 8.80 Å². The Hall–Kier alpha value is -0.633. The SMILES string of the molecule is CCCCCC1CCC([Si]2CCC(CCc3ccc(F)cc3)CC2)CC1. The molecular weight excluding hydrogens is 335 g/mol. The zero-order valence-electron chi connectivity index (χ0n) is 16.8. The lowest BCUT2D eigenvalue weighted by molar-refractivity contribution is 0.323. The van der Waals surface area contributed by atoms with Crippen LogP contribution in [0.25, 0.3) is 0 Å². The van der Waals surface area contributed by atoms with Gasteiger partial charge in [0.15, 0.2) is 0 Å². The van der Waals surface area contributed by atoms with Crippen molar-refractivity contribution >= 4 is 8.80 Å². The molecule has 0 unspecified atom stereocenters. The van der Waals surface area contributed by atoms with Crippen molar-refractivity contribution in [1.29, 1.82) is 0 Å². The third kappa shape index (κ3) is 6.22. The van der Waals surface area contributed by atoms with Gasteiger partial charge in [-0.15, -0.1) is 0 Å². The van der Waals surface area contributed by atoms with E-state index in [1.807, 2.05) is 12.1 Å². The zero-order chi connectivity index (χ0) is 18.2. The molecule has 2 heteroatoms. The first-order valence-corrected chi connectivity index (χ1v) is 13.3. The monoisotopic (exact) mass is 373 g/mol. The maximum absolute atomic E-state index is 13.0. The summed E-state index contributed by atoms with van der Waals surface area (Å²) in [5.74, 6) is 1.88. The molecule has 2 fully saturated rings. The van der Waals surface area contributed by atoms with Gasteiger partial charge >= 0.3 is 0 Å². The van der Waals surface area contributed by atoms with E-state index in [1.165, 1.54) is 63.4 Å². The van der Waals surface area contributed by atoms with E-state index in [-0.39, 0.29) is 14.6 Å². The summed E-state index contributed by atoms with van der Waals surface area (Å²) in [7, 11) is -0.0661. The van der Waals surface area contributed by atoms with Crippen molar-refractivity contribution < 1.29 is 4.39 Å². The van der Waals surface area contributed by atoms with Crippen LogP contribution in [0.15, 0.2) is 24.3 Å². The summed E-state index contributed by atoms with van der Waals surface area (Å²) in [6.07, 6.45) is 17.4. The summed E-state index contributed by atoms with van der Waals surface area (Å²) >= 11 is 0. The lowest BCUT2D eigenvalue weighted by Gasteiger charge is -2.37.